The number of methoxy groups -OCH3 is 1. The standard InChI is InChI=1S/C18H22N4O2/c1-13-7-8-17(21-20-13)19-14-9-11-22(12-10-14)18(23)15-5-3-4-6-16(15)24-2/h3-8,14H,9-12H2,1-2H3,(H,19,21). The number of nitrogens with zero attached hydrogens (tertiary/aromatic N) is 3. The van der Waals surface area contributed by atoms with E-state index in [-0.39, 0.29) is 5.91 Å². The van der Waals surface area contributed by atoms with Gasteiger partial charge in [-0.15, -0.1) is 5.10 Å². The van der Waals surface area contributed by atoms with E-state index in [4.69, 9.17) is 4.74 Å². The van der Waals surface area contributed by atoms with Crippen molar-refractivity contribution in [1.29, 1.82) is 0 Å². The Morgan fingerprint density at radius 1 is 1.17 bits per heavy atom. The first-order valence-electron chi connectivity index (χ1n) is 8.16. The first-order valence-corrected chi connectivity index (χ1v) is 8.16. The number of amides is 1. The summed E-state index contributed by atoms with van der Waals surface area (Å²) < 4.78 is 5.29. The summed E-state index contributed by atoms with van der Waals surface area (Å²) in [5.74, 6) is 1.44. The van der Waals surface area contributed by atoms with E-state index in [2.05, 4.69) is 15.5 Å². The number of anilines is 1. The first kappa shape index (κ1) is 16.2. The normalized spacial score (nSPS) is 15.2. The number of para-hydroxylation sites is 1. The van der Waals surface area contributed by atoms with Crippen LogP contribution in [-0.2, 0) is 0 Å². The second-order valence-electron chi connectivity index (χ2n) is 5.97. The van der Waals surface area contributed by atoms with Crippen molar-refractivity contribution in [2.75, 3.05) is 25.5 Å². The van der Waals surface area contributed by atoms with Gasteiger partial charge in [0, 0.05) is 19.1 Å². The lowest BCUT2D eigenvalue weighted by Crippen LogP contribution is -2.42. The fourth-order valence-corrected chi connectivity index (χ4v) is 2.90. The molecule has 0 unspecified atom stereocenters. The molecular formula is C18H22N4O2. The summed E-state index contributed by atoms with van der Waals surface area (Å²) >= 11 is 0. The minimum absolute atomic E-state index is 0.0287. The molecule has 6 heteroatoms. The predicted octanol–water partition coefficient (Wildman–Crippen LogP) is 2.51. The van der Waals surface area contributed by atoms with Crippen LogP contribution in [0.4, 0.5) is 5.82 Å². The Labute approximate surface area is 141 Å². The topological polar surface area (TPSA) is 67.3 Å². The van der Waals surface area contributed by atoms with E-state index in [1.807, 2.05) is 48.2 Å². The van der Waals surface area contributed by atoms with E-state index in [1.54, 1.807) is 7.11 Å². The van der Waals surface area contributed by atoms with Crippen molar-refractivity contribution >= 4 is 11.7 Å². The number of carbonyl (C=O) groups excluding carboxylic acids is 1. The van der Waals surface area contributed by atoms with Crippen LogP contribution in [0.25, 0.3) is 0 Å². The quantitative estimate of drug-likeness (QED) is 0.935. The Morgan fingerprint density at radius 3 is 2.58 bits per heavy atom. The van der Waals surface area contributed by atoms with Crippen LogP contribution >= 0.6 is 0 Å². The first-order chi connectivity index (χ1) is 11.7. The van der Waals surface area contributed by atoms with E-state index < -0.39 is 0 Å². The van der Waals surface area contributed by atoms with Crippen LogP contribution in [0.1, 0.15) is 28.9 Å². The van der Waals surface area contributed by atoms with Crippen molar-refractivity contribution in [2.45, 2.75) is 25.8 Å². The highest BCUT2D eigenvalue weighted by Gasteiger charge is 2.25. The van der Waals surface area contributed by atoms with Crippen molar-refractivity contribution in [1.82, 2.24) is 15.1 Å². The minimum Gasteiger partial charge on any atom is -0.496 e. The number of ether oxygens (including phenoxy) is 1. The van der Waals surface area contributed by atoms with Gasteiger partial charge in [-0.25, -0.2) is 0 Å². The maximum Gasteiger partial charge on any atom is 0.257 e. The third kappa shape index (κ3) is 3.64. The van der Waals surface area contributed by atoms with Gasteiger partial charge in [-0.1, -0.05) is 12.1 Å². The molecule has 1 aromatic carbocycles. The third-order valence-electron chi connectivity index (χ3n) is 4.27. The van der Waals surface area contributed by atoms with Gasteiger partial charge >= 0.3 is 0 Å². The molecule has 2 aromatic rings. The number of hydrogen-bond donors (Lipinski definition) is 1. The summed E-state index contributed by atoms with van der Waals surface area (Å²) in [7, 11) is 1.59. The van der Waals surface area contributed by atoms with E-state index in [9.17, 15) is 4.79 Å². The lowest BCUT2D eigenvalue weighted by Gasteiger charge is -2.32. The van der Waals surface area contributed by atoms with Crippen molar-refractivity contribution in [3.63, 3.8) is 0 Å². The molecule has 0 bridgehead atoms. The molecule has 1 aromatic heterocycles. The molecule has 126 valence electrons. The van der Waals surface area contributed by atoms with Crippen LogP contribution in [0.5, 0.6) is 5.75 Å². The molecule has 0 saturated carbocycles. The number of hydrogen-bond acceptors (Lipinski definition) is 5. The third-order valence-corrected chi connectivity index (χ3v) is 4.27. The number of aromatic nitrogens is 2. The summed E-state index contributed by atoms with van der Waals surface area (Å²) in [4.78, 5) is 14.6. The molecule has 0 atom stereocenters. The maximum absolute atomic E-state index is 12.7. The van der Waals surface area contributed by atoms with Crippen LogP contribution in [0.2, 0.25) is 0 Å². The summed E-state index contributed by atoms with van der Waals surface area (Å²) in [5, 5.41) is 11.6. The molecule has 1 fully saturated rings. The molecule has 0 radical (unpaired) electrons. The summed E-state index contributed by atoms with van der Waals surface area (Å²) in [6, 6.07) is 11.5. The van der Waals surface area contributed by atoms with Gasteiger partial charge < -0.3 is 15.0 Å². The second kappa shape index (κ2) is 7.29. The van der Waals surface area contributed by atoms with Crippen molar-refractivity contribution in [3.05, 3.63) is 47.7 Å². The number of carbonyl (C=O) groups is 1. The average Bonchev–Trinajstić information content (AvgIpc) is 2.63. The molecule has 1 aliphatic rings. The number of rotatable bonds is 4. The van der Waals surface area contributed by atoms with Crippen LogP contribution < -0.4 is 10.1 Å². The van der Waals surface area contributed by atoms with Crippen LogP contribution in [0.15, 0.2) is 36.4 Å². The number of nitrogens with one attached hydrogen (secondary N) is 1. The number of benzene rings is 1. The Balaban J connectivity index is 1.58. The highest BCUT2D eigenvalue weighted by atomic mass is 16.5. The maximum atomic E-state index is 12.7. The zero-order valence-electron chi connectivity index (χ0n) is 14.0. The molecular weight excluding hydrogens is 304 g/mol. The fourth-order valence-electron chi connectivity index (χ4n) is 2.90. The monoisotopic (exact) mass is 326 g/mol. The molecule has 3 rings (SSSR count). The lowest BCUT2D eigenvalue weighted by atomic mass is 10.0. The second-order valence-corrected chi connectivity index (χ2v) is 5.97. The summed E-state index contributed by atoms with van der Waals surface area (Å²) in [6.07, 6.45) is 1.77. The number of piperidine rings is 1. The Kier molecular flexibility index (Phi) is 4.93. The highest BCUT2D eigenvalue weighted by Crippen LogP contribution is 2.22. The van der Waals surface area contributed by atoms with Gasteiger partial charge in [0.2, 0.25) is 0 Å². The molecule has 1 N–H and O–H groups in total. The molecule has 6 nitrogen and oxygen atoms in total. The summed E-state index contributed by atoms with van der Waals surface area (Å²) in [5.41, 5.74) is 1.52. The van der Waals surface area contributed by atoms with Gasteiger partial charge in [-0.2, -0.15) is 5.10 Å². The fraction of sp³-hybridized carbons (Fsp3) is 0.389. The van der Waals surface area contributed by atoms with E-state index in [1.165, 1.54) is 0 Å². The molecule has 2 heterocycles. The lowest BCUT2D eigenvalue weighted by molar-refractivity contribution is 0.0715. The van der Waals surface area contributed by atoms with Crippen LogP contribution in [0, 0.1) is 6.92 Å². The molecule has 1 saturated heterocycles. The highest BCUT2D eigenvalue weighted by molar-refractivity contribution is 5.97. The van der Waals surface area contributed by atoms with Gasteiger partial charge in [0.25, 0.3) is 5.91 Å². The smallest absolute Gasteiger partial charge is 0.257 e. The summed E-state index contributed by atoms with van der Waals surface area (Å²) in [6.45, 7) is 3.35. The van der Waals surface area contributed by atoms with Crippen molar-refractivity contribution < 1.29 is 9.53 Å². The van der Waals surface area contributed by atoms with Crippen molar-refractivity contribution in [2.24, 2.45) is 0 Å². The van der Waals surface area contributed by atoms with Crippen molar-refractivity contribution in [3.8, 4) is 5.75 Å². The van der Waals surface area contributed by atoms with Gasteiger partial charge in [0.1, 0.15) is 11.6 Å². The van der Waals surface area contributed by atoms with E-state index in [0.717, 1.165) is 24.4 Å². The number of likely N-dealkylation sites (tertiary alicyclic amines) is 1. The largest absolute Gasteiger partial charge is 0.496 e. The van der Waals surface area contributed by atoms with E-state index >= 15 is 0 Å². The zero-order chi connectivity index (χ0) is 16.9. The van der Waals surface area contributed by atoms with Gasteiger partial charge in [0.05, 0.1) is 18.4 Å². The Hall–Kier alpha value is -2.63. The van der Waals surface area contributed by atoms with Crippen LogP contribution in [-0.4, -0.2) is 47.2 Å². The van der Waals surface area contributed by atoms with E-state index in [0.29, 0.717) is 30.4 Å². The minimum atomic E-state index is 0.0287. The molecule has 0 aliphatic carbocycles. The van der Waals surface area contributed by atoms with Gasteiger partial charge in [-0.3, -0.25) is 4.79 Å². The average molecular weight is 326 g/mol. The Bertz CT molecular complexity index is 694. The molecule has 1 amide bonds. The molecule has 24 heavy (non-hydrogen) atoms. The van der Waals surface area contributed by atoms with Crippen LogP contribution in [0.3, 0.4) is 0 Å². The SMILES string of the molecule is COc1ccccc1C(=O)N1CCC(Nc2ccc(C)nn2)CC1. The van der Waals surface area contributed by atoms with Gasteiger partial charge in [-0.05, 0) is 44.0 Å². The van der Waals surface area contributed by atoms with Gasteiger partial charge in [0.15, 0.2) is 0 Å². The Morgan fingerprint density at radius 2 is 1.92 bits per heavy atom. The predicted molar refractivity (Wildman–Crippen MR) is 92.3 cm³/mol. The molecule has 1 aliphatic heterocycles. The molecule has 0 spiro atoms. The number of aryl methyl sites for hydroxylation is 1. The zero-order valence-corrected chi connectivity index (χ0v) is 14.0.